The number of pyridine rings is 1. The van der Waals surface area contributed by atoms with Gasteiger partial charge in [0.2, 0.25) is 0 Å². The Labute approximate surface area is 182 Å². The minimum Gasteiger partial charge on any atom is -0.465 e. The lowest BCUT2D eigenvalue weighted by Gasteiger charge is -2.11. The Bertz CT molecular complexity index is 1270. The summed E-state index contributed by atoms with van der Waals surface area (Å²) in [6, 6.07) is 18.9. The standard InChI is InChI=1S/C22H18N4O4S/c1-29-21(27)15-17(23)16-19(24-18(15)22(28)30-2)26(13-9-5-3-6-10-13)25-20(16)31-14-11-7-4-8-12-14/h3-12H,1-2H3,(H2,23,24). The predicted molar refractivity (Wildman–Crippen MR) is 117 cm³/mol. The fraction of sp³-hybridized carbons (Fsp3) is 0.0909. The van der Waals surface area contributed by atoms with E-state index < -0.39 is 11.9 Å². The van der Waals surface area contributed by atoms with Crippen LogP contribution in [-0.4, -0.2) is 40.9 Å². The Balaban J connectivity index is 2.06. The summed E-state index contributed by atoms with van der Waals surface area (Å²) in [5.74, 6) is -1.58. The maximum Gasteiger partial charge on any atom is 0.357 e. The molecule has 2 aromatic carbocycles. The fourth-order valence-electron chi connectivity index (χ4n) is 3.12. The van der Waals surface area contributed by atoms with Crippen molar-refractivity contribution in [2.24, 2.45) is 0 Å². The lowest BCUT2D eigenvalue weighted by Crippen LogP contribution is -2.17. The number of carbonyl (C=O) groups excluding carboxylic acids is 2. The molecule has 9 heteroatoms. The number of nitrogens with zero attached hydrogens (tertiary/aromatic N) is 3. The third-order valence-electron chi connectivity index (χ3n) is 4.55. The lowest BCUT2D eigenvalue weighted by atomic mass is 10.1. The van der Waals surface area contributed by atoms with Crippen LogP contribution in [0.3, 0.4) is 0 Å². The van der Waals surface area contributed by atoms with E-state index >= 15 is 0 Å². The van der Waals surface area contributed by atoms with Gasteiger partial charge in [-0.15, -0.1) is 0 Å². The molecule has 4 rings (SSSR count). The summed E-state index contributed by atoms with van der Waals surface area (Å²) in [4.78, 5) is 30.3. The van der Waals surface area contributed by atoms with Crippen molar-refractivity contribution in [2.75, 3.05) is 20.0 Å². The van der Waals surface area contributed by atoms with Crippen molar-refractivity contribution < 1.29 is 19.1 Å². The topological polar surface area (TPSA) is 109 Å². The van der Waals surface area contributed by atoms with Gasteiger partial charge < -0.3 is 15.2 Å². The maximum absolute atomic E-state index is 12.5. The number of anilines is 1. The number of para-hydroxylation sites is 1. The quantitative estimate of drug-likeness (QED) is 0.473. The molecule has 0 saturated carbocycles. The lowest BCUT2D eigenvalue weighted by molar-refractivity contribution is 0.0551. The highest BCUT2D eigenvalue weighted by Crippen LogP contribution is 2.38. The van der Waals surface area contributed by atoms with E-state index in [1.807, 2.05) is 60.7 Å². The number of rotatable bonds is 5. The first-order valence-corrected chi connectivity index (χ1v) is 10.0. The van der Waals surface area contributed by atoms with Gasteiger partial charge in [0.05, 0.1) is 31.0 Å². The van der Waals surface area contributed by atoms with E-state index in [4.69, 9.17) is 20.3 Å². The number of fused-ring (bicyclic) bond motifs is 1. The number of carbonyl (C=O) groups is 2. The predicted octanol–water partition coefficient (Wildman–Crippen LogP) is 3.73. The molecule has 0 atom stereocenters. The molecule has 0 aliphatic rings. The van der Waals surface area contributed by atoms with Crippen LogP contribution in [0.15, 0.2) is 70.6 Å². The first kappa shape index (κ1) is 20.4. The highest BCUT2D eigenvalue weighted by molar-refractivity contribution is 7.99. The zero-order valence-corrected chi connectivity index (χ0v) is 17.6. The van der Waals surface area contributed by atoms with E-state index in [-0.39, 0.29) is 16.9 Å². The molecule has 0 aliphatic heterocycles. The first-order chi connectivity index (χ1) is 15.0. The van der Waals surface area contributed by atoms with Crippen LogP contribution in [0.1, 0.15) is 20.8 Å². The van der Waals surface area contributed by atoms with Crippen LogP contribution in [0.4, 0.5) is 5.69 Å². The molecule has 2 N–H and O–H groups in total. The van der Waals surface area contributed by atoms with Crippen LogP contribution in [0.5, 0.6) is 0 Å². The summed E-state index contributed by atoms with van der Waals surface area (Å²) < 4.78 is 11.3. The second kappa shape index (κ2) is 8.49. The second-order valence-corrected chi connectivity index (χ2v) is 7.46. The third-order valence-corrected chi connectivity index (χ3v) is 5.54. The van der Waals surface area contributed by atoms with E-state index in [0.717, 1.165) is 10.6 Å². The highest BCUT2D eigenvalue weighted by Gasteiger charge is 2.29. The number of aromatic nitrogens is 3. The van der Waals surface area contributed by atoms with Crippen molar-refractivity contribution in [2.45, 2.75) is 9.92 Å². The molecule has 0 aliphatic carbocycles. The van der Waals surface area contributed by atoms with Gasteiger partial charge in [-0.05, 0) is 24.3 Å². The van der Waals surface area contributed by atoms with Gasteiger partial charge >= 0.3 is 11.9 Å². The molecule has 0 saturated heterocycles. The molecule has 0 radical (unpaired) electrons. The van der Waals surface area contributed by atoms with E-state index in [1.54, 1.807) is 4.68 Å². The van der Waals surface area contributed by atoms with Gasteiger partial charge in [-0.2, -0.15) is 5.10 Å². The summed E-state index contributed by atoms with van der Waals surface area (Å²) in [5, 5.41) is 5.69. The third kappa shape index (κ3) is 3.71. The van der Waals surface area contributed by atoms with E-state index in [0.29, 0.717) is 16.1 Å². The van der Waals surface area contributed by atoms with Crippen molar-refractivity contribution in [3.8, 4) is 5.69 Å². The Morgan fingerprint density at radius 1 is 0.935 bits per heavy atom. The minimum absolute atomic E-state index is 0.0536. The van der Waals surface area contributed by atoms with E-state index in [2.05, 4.69) is 4.98 Å². The van der Waals surface area contributed by atoms with Gasteiger partial charge in [0, 0.05) is 4.90 Å². The fourth-order valence-corrected chi connectivity index (χ4v) is 4.06. The molecule has 2 aromatic heterocycles. The molecule has 0 bridgehead atoms. The largest absolute Gasteiger partial charge is 0.465 e. The Morgan fingerprint density at radius 3 is 2.16 bits per heavy atom. The molecular weight excluding hydrogens is 416 g/mol. The maximum atomic E-state index is 12.5. The molecule has 0 spiro atoms. The molecule has 4 aromatic rings. The molecule has 8 nitrogen and oxygen atoms in total. The zero-order valence-electron chi connectivity index (χ0n) is 16.7. The average Bonchev–Trinajstić information content (AvgIpc) is 3.17. The number of esters is 2. The van der Waals surface area contributed by atoms with Crippen molar-refractivity contribution in [1.82, 2.24) is 14.8 Å². The summed E-state index contributed by atoms with van der Waals surface area (Å²) >= 11 is 1.37. The first-order valence-electron chi connectivity index (χ1n) is 9.22. The van der Waals surface area contributed by atoms with Crippen molar-refractivity contribution in [3.63, 3.8) is 0 Å². The number of benzene rings is 2. The number of nitrogen functional groups attached to an aromatic ring is 1. The molecule has 156 valence electrons. The molecule has 0 fully saturated rings. The van der Waals surface area contributed by atoms with Gasteiger partial charge in [-0.3, -0.25) is 0 Å². The summed E-state index contributed by atoms with van der Waals surface area (Å²) in [6.07, 6.45) is 0. The van der Waals surface area contributed by atoms with Crippen LogP contribution in [-0.2, 0) is 9.47 Å². The van der Waals surface area contributed by atoms with E-state index in [1.165, 1.54) is 26.0 Å². The summed E-state index contributed by atoms with van der Waals surface area (Å²) in [5.41, 5.74) is 7.15. The van der Waals surface area contributed by atoms with Crippen LogP contribution < -0.4 is 5.73 Å². The Morgan fingerprint density at radius 2 is 1.55 bits per heavy atom. The van der Waals surface area contributed by atoms with Gasteiger partial charge in [0.15, 0.2) is 11.3 Å². The van der Waals surface area contributed by atoms with Crippen molar-refractivity contribution in [3.05, 3.63) is 71.9 Å². The van der Waals surface area contributed by atoms with Crippen LogP contribution in [0.2, 0.25) is 0 Å². The van der Waals surface area contributed by atoms with E-state index in [9.17, 15) is 9.59 Å². The normalized spacial score (nSPS) is 10.8. The molecular formula is C22H18N4O4S. The van der Waals surface area contributed by atoms with Crippen molar-refractivity contribution >= 4 is 40.4 Å². The number of ether oxygens (including phenoxy) is 2. The highest BCUT2D eigenvalue weighted by atomic mass is 32.2. The average molecular weight is 434 g/mol. The zero-order chi connectivity index (χ0) is 22.0. The number of methoxy groups -OCH3 is 2. The van der Waals surface area contributed by atoms with Gasteiger partial charge in [-0.25, -0.2) is 19.3 Å². The van der Waals surface area contributed by atoms with Gasteiger partial charge in [0.1, 0.15) is 10.6 Å². The molecule has 2 heterocycles. The minimum atomic E-state index is -0.799. The summed E-state index contributed by atoms with van der Waals surface area (Å²) in [6.45, 7) is 0. The second-order valence-electron chi connectivity index (χ2n) is 6.40. The van der Waals surface area contributed by atoms with Crippen LogP contribution >= 0.6 is 11.8 Å². The monoisotopic (exact) mass is 434 g/mol. The summed E-state index contributed by atoms with van der Waals surface area (Å²) in [7, 11) is 2.41. The Hall–Kier alpha value is -3.85. The number of hydrogen-bond acceptors (Lipinski definition) is 8. The van der Waals surface area contributed by atoms with Gasteiger partial charge in [0.25, 0.3) is 0 Å². The van der Waals surface area contributed by atoms with Crippen molar-refractivity contribution in [1.29, 1.82) is 0 Å². The van der Waals surface area contributed by atoms with Crippen LogP contribution in [0, 0.1) is 0 Å². The van der Waals surface area contributed by atoms with Gasteiger partial charge in [-0.1, -0.05) is 48.2 Å². The smallest absolute Gasteiger partial charge is 0.357 e. The molecule has 0 unspecified atom stereocenters. The Kier molecular flexibility index (Phi) is 5.59. The number of hydrogen-bond donors (Lipinski definition) is 1. The SMILES string of the molecule is COC(=O)c1nc2c(c(Sc3ccccc3)nn2-c2ccccc2)c(N)c1C(=O)OC. The molecule has 31 heavy (non-hydrogen) atoms. The van der Waals surface area contributed by atoms with Crippen LogP contribution in [0.25, 0.3) is 16.7 Å². The molecule has 0 amide bonds. The number of nitrogens with two attached hydrogens (primary N) is 1.